The van der Waals surface area contributed by atoms with Gasteiger partial charge in [0.05, 0.1) is 17.8 Å². The molecule has 0 unspecified atom stereocenters. The van der Waals surface area contributed by atoms with Gasteiger partial charge in [-0.1, -0.05) is 0 Å². The monoisotopic (exact) mass is 320 g/mol. The van der Waals surface area contributed by atoms with Crippen LogP contribution in [0.1, 0.15) is 45.0 Å². The van der Waals surface area contributed by atoms with Crippen molar-refractivity contribution in [3.8, 4) is 5.75 Å². The van der Waals surface area contributed by atoms with E-state index in [9.17, 15) is 9.18 Å². The lowest BCUT2D eigenvalue weighted by Gasteiger charge is -2.32. The molecule has 1 aromatic carbocycles. The molecule has 23 heavy (non-hydrogen) atoms. The Bertz CT molecular complexity index is 592. The van der Waals surface area contributed by atoms with Crippen LogP contribution in [0.3, 0.4) is 0 Å². The van der Waals surface area contributed by atoms with E-state index in [2.05, 4.69) is 0 Å². The summed E-state index contributed by atoms with van der Waals surface area (Å²) in [6.45, 7) is 9.73. The third kappa shape index (κ3) is 3.82. The van der Waals surface area contributed by atoms with Gasteiger partial charge in [0.25, 0.3) is 0 Å². The second-order valence-electron chi connectivity index (χ2n) is 6.44. The fraction of sp³-hybridized carbons (Fsp3) is 0.471. The molecule has 2 rings (SSSR count). The van der Waals surface area contributed by atoms with E-state index in [0.717, 1.165) is 6.08 Å². The highest BCUT2D eigenvalue weighted by atomic mass is 19.1. The SMILES string of the molecule is CCOc1ccc(C(=O)C=C(F)B2OC(C)(C)C(C)(C)O2)cc1. The maximum atomic E-state index is 14.3. The average Bonchev–Trinajstić information content (AvgIpc) is 2.68. The van der Waals surface area contributed by atoms with E-state index < -0.39 is 29.8 Å². The average molecular weight is 320 g/mol. The maximum Gasteiger partial charge on any atom is 0.525 e. The van der Waals surface area contributed by atoms with Crippen molar-refractivity contribution in [3.05, 3.63) is 41.6 Å². The number of ketones is 1. The van der Waals surface area contributed by atoms with E-state index in [4.69, 9.17) is 14.0 Å². The summed E-state index contributed by atoms with van der Waals surface area (Å²) in [5, 5.41) is 0. The number of ether oxygens (including phenoxy) is 1. The molecule has 0 spiro atoms. The second-order valence-corrected chi connectivity index (χ2v) is 6.44. The zero-order valence-corrected chi connectivity index (χ0v) is 14.2. The van der Waals surface area contributed by atoms with Crippen LogP contribution in [0.2, 0.25) is 0 Å². The minimum Gasteiger partial charge on any atom is -0.494 e. The van der Waals surface area contributed by atoms with Crippen LogP contribution < -0.4 is 4.74 Å². The van der Waals surface area contributed by atoms with Gasteiger partial charge in [-0.25, -0.2) is 4.39 Å². The molecular weight excluding hydrogens is 298 g/mol. The molecule has 6 heteroatoms. The third-order valence-corrected chi connectivity index (χ3v) is 4.20. The van der Waals surface area contributed by atoms with E-state index in [-0.39, 0.29) is 0 Å². The van der Waals surface area contributed by atoms with Crippen LogP contribution in [0.25, 0.3) is 0 Å². The fourth-order valence-electron chi connectivity index (χ4n) is 2.11. The number of rotatable bonds is 5. The van der Waals surface area contributed by atoms with Gasteiger partial charge in [-0.3, -0.25) is 4.79 Å². The zero-order chi connectivity index (χ0) is 17.3. The Morgan fingerprint density at radius 1 is 1.17 bits per heavy atom. The molecule has 0 N–H and O–H groups in total. The lowest BCUT2D eigenvalue weighted by molar-refractivity contribution is 0.00578. The Labute approximate surface area is 136 Å². The summed E-state index contributed by atoms with van der Waals surface area (Å²) in [6, 6.07) is 6.55. The van der Waals surface area contributed by atoms with Crippen molar-refractivity contribution in [2.75, 3.05) is 6.61 Å². The first-order valence-electron chi connectivity index (χ1n) is 7.66. The van der Waals surface area contributed by atoms with Crippen molar-refractivity contribution in [2.24, 2.45) is 0 Å². The molecule has 0 atom stereocenters. The number of allylic oxidation sites excluding steroid dienone is 1. The Balaban J connectivity index is 2.10. The Kier molecular flexibility index (Phi) is 4.97. The van der Waals surface area contributed by atoms with Crippen molar-refractivity contribution in [2.45, 2.75) is 45.8 Å². The molecule has 0 saturated carbocycles. The van der Waals surface area contributed by atoms with E-state index >= 15 is 0 Å². The molecule has 4 nitrogen and oxygen atoms in total. The smallest absolute Gasteiger partial charge is 0.494 e. The summed E-state index contributed by atoms with van der Waals surface area (Å²) in [4.78, 5) is 12.1. The highest BCUT2D eigenvalue weighted by Crippen LogP contribution is 2.38. The summed E-state index contributed by atoms with van der Waals surface area (Å²) in [5.41, 5.74) is -1.65. The Morgan fingerprint density at radius 2 is 1.70 bits per heavy atom. The summed E-state index contributed by atoms with van der Waals surface area (Å²) in [7, 11) is -1.16. The van der Waals surface area contributed by atoms with Crippen molar-refractivity contribution in [1.29, 1.82) is 0 Å². The van der Waals surface area contributed by atoms with Crippen molar-refractivity contribution in [3.63, 3.8) is 0 Å². The number of hydrogen-bond acceptors (Lipinski definition) is 4. The maximum absolute atomic E-state index is 14.3. The van der Waals surface area contributed by atoms with Crippen LogP contribution >= 0.6 is 0 Å². The van der Waals surface area contributed by atoms with Crippen LogP contribution in [0, 0.1) is 0 Å². The third-order valence-electron chi connectivity index (χ3n) is 4.20. The van der Waals surface area contributed by atoms with E-state index in [1.807, 2.05) is 34.6 Å². The molecule has 124 valence electrons. The van der Waals surface area contributed by atoms with Crippen LogP contribution in [0.15, 0.2) is 36.1 Å². The van der Waals surface area contributed by atoms with Gasteiger partial charge >= 0.3 is 7.12 Å². The number of halogens is 1. The number of carbonyl (C=O) groups excluding carboxylic acids is 1. The summed E-state index contributed by atoms with van der Waals surface area (Å²) < 4.78 is 30.8. The van der Waals surface area contributed by atoms with Gasteiger partial charge < -0.3 is 14.0 Å². The molecule has 1 aromatic rings. The molecule has 0 aromatic heterocycles. The Hall–Kier alpha value is -1.66. The molecule has 0 aliphatic carbocycles. The normalized spacial score (nSPS) is 19.7. The predicted molar refractivity (Wildman–Crippen MR) is 87.2 cm³/mol. The van der Waals surface area contributed by atoms with Gasteiger partial charge in [-0.2, -0.15) is 0 Å². The van der Waals surface area contributed by atoms with Gasteiger partial charge in [-0.05, 0) is 58.9 Å². The molecular formula is C17H22BFO4. The van der Waals surface area contributed by atoms with Gasteiger partial charge in [0, 0.05) is 11.6 Å². The molecule has 1 saturated heterocycles. The van der Waals surface area contributed by atoms with Crippen LogP contribution in [-0.2, 0) is 9.31 Å². The molecule has 1 aliphatic heterocycles. The van der Waals surface area contributed by atoms with Crippen molar-refractivity contribution in [1.82, 2.24) is 0 Å². The standard InChI is InChI=1S/C17H22BFO4/c1-6-21-13-9-7-12(8-10-13)14(20)11-15(19)18-22-16(2,3)17(4,5)23-18/h7-11H,6H2,1-5H3. The zero-order valence-electron chi connectivity index (χ0n) is 14.2. The topological polar surface area (TPSA) is 44.8 Å². The van der Waals surface area contributed by atoms with Crippen LogP contribution in [0.5, 0.6) is 5.75 Å². The first kappa shape index (κ1) is 17.7. The minimum absolute atomic E-state index is 0.375. The molecule has 1 heterocycles. The molecule has 1 fully saturated rings. The molecule has 1 aliphatic rings. The second kappa shape index (κ2) is 6.45. The summed E-state index contributed by atoms with van der Waals surface area (Å²) >= 11 is 0. The molecule has 0 amide bonds. The lowest BCUT2D eigenvalue weighted by Crippen LogP contribution is -2.41. The van der Waals surface area contributed by atoms with E-state index in [1.54, 1.807) is 24.3 Å². The predicted octanol–water partition coefficient (Wildman–Crippen LogP) is 3.75. The summed E-state index contributed by atoms with van der Waals surface area (Å²) in [6.07, 6.45) is 0.915. The lowest BCUT2D eigenvalue weighted by atomic mass is 9.87. The molecule has 0 bridgehead atoms. The van der Waals surface area contributed by atoms with Gasteiger partial charge in [0.1, 0.15) is 11.5 Å². The first-order chi connectivity index (χ1) is 10.7. The largest absolute Gasteiger partial charge is 0.525 e. The Morgan fingerprint density at radius 3 is 2.17 bits per heavy atom. The van der Waals surface area contributed by atoms with Crippen molar-refractivity contribution >= 4 is 12.9 Å². The fourth-order valence-corrected chi connectivity index (χ4v) is 2.11. The number of hydrogen-bond donors (Lipinski definition) is 0. The van der Waals surface area contributed by atoms with Gasteiger partial charge in [-0.15, -0.1) is 0 Å². The minimum atomic E-state index is -1.16. The van der Waals surface area contributed by atoms with Gasteiger partial charge in [0.2, 0.25) is 0 Å². The van der Waals surface area contributed by atoms with E-state index in [0.29, 0.717) is 17.9 Å². The molecule has 0 radical (unpaired) electrons. The van der Waals surface area contributed by atoms with Crippen LogP contribution in [-0.4, -0.2) is 30.7 Å². The quantitative estimate of drug-likeness (QED) is 0.471. The van der Waals surface area contributed by atoms with Gasteiger partial charge in [0.15, 0.2) is 5.78 Å². The van der Waals surface area contributed by atoms with Crippen molar-refractivity contribution < 1.29 is 23.2 Å². The van der Waals surface area contributed by atoms with E-state index in [1.165, 1.54) is 0 Å². The highest BCUT2D eigenvalue weighted by Gasteiger charge is 2.53. The summed E-state index contributed by atoms with van der Waals surface area (Å²) in [5.74, 6) is 0.222. The highest BCUT2D eigenvalue weighted by molar-refractivity contribution is 6.54. The number of benzene rings is 1. The first-order valence-corrected chi connectivity index (χ1v) is 7.66. The van der Waals surface area contributed by atoms with Crippen LogP contribution in [0.4, 0.5) is 4.39 Å². The number of carbonyl (C=O) groups is 1.